The fourth-order valence-electron chi connectivity index (χ4n) is 2.56. The molecular formula is C18H22BFN2O3. The van der Waals surface area contributed by atoms with Crippen LogP contribution in [0.4, 0.5) is 4.39 Å². The molecule has 0 amide bonds. The van der Waals surface area contributed by atoms with Gasteiger partial charge in [0.15, 0.2) is 0 Å². The predicted octanol–water partition coefficient (Wildman–Crippen LogP) is 3.60. The Balaban J connectivity index is 1.63. The van der Waals surface area contributed by atoms with Gasteiger partial charge < -0.3 is 14.0 Å². The highest BCUT2D eigenvalue weighted by Gasteiger charge is 2.54. The van der Waals surface area contributed by atoms with Crippen LogP contribution < -0.4 is 4.74 Å². The van der Waals surface area contributed by atoms with Gasteiger partial charge >= 0.3 is 7.12 Å². The molecule has 1 aromatic rings. The van der Waals surface area contributed by atoms with Crippen molar-refractivity contribution in [2.75, 3.05) is 6.61 Å². The quantitative estimate of drug-likeness (QED) is 0.764. The second kappa shape index (κ2) is 6.12. The number of rotatable bonds is 5. The molecule has 5 nitrogen and oxygen atoms in total. The normalized spacial score (nSPS) is 23.2. The van der Waals surface area contributed by atoms with Crippen LogP contribution in [-0.4, -0.2) is 29.9 Å². The van der Waals surface area contributed by atoms with Gasteiger partial charge in [-0.1, -0.05) is 0 Å². The summed E-state index contributed by atoms with van der Waals surface area (Å²) in [5.74, 6) is 0.426. The van der Waals surface area contributed by atoms with Crippen LogP contribution in [0.5, 0.6) is 5.88 Å². The predicted molar refractivity (Wildman–Crippen MR) is 91.4 cm³/mol. The summed E-state index contributed by atoms with van der Waals surface area (Å²) in [4.78, 5) is 4.07. The molecule has 1 aliphatic carbocycles. The fraction of sp³-hybridized carbons (Fsp3) is 0.556. The van der Waals surface area contributed by atoms with Crippen molar-refractivity contribution in [1.29, 1.82) is 5.26 Å². The van der Waals surface area contributed by atoms with Gasteiger partial charge in [0.25, 0.3) is 0 Å². The average molecular weight is 344 g/mol. The van der Waals surface area contributed by atoms with Crippen LogP contribution in [0.2, 0.25) is 0 Å². The average Bonchev–Trinajstić information content (AvgIpc) is 3.27. The van der Waals surface area contributed by atoms with E-state index >= 15 is 0 Å². The molecule has 7 heteroatoms. The second-order valence-corrected chi connectivity index (χ2v) is 7.77. The van der Waals surface area contributed by atoms with Crippen molar-refractivity contribution in [3.8, 4) is 11.9 Å². The highest BCUT2D eigenvalue weighted by atomic mass is 19.1. The maximum atomic E-state index is 14.7. The Morgan fingerprint density at radius 2 is 1.96 bits per heavy atom. The summed E-state index contributed by atoms with van der Waals surface area (Å²) in [5.41, 5.74) is -1.42. The molecule has 2 heterocycles. The highest BCUT2D eigenvalue weighted by molar-refractivity contribution is 6.53. The molecule has 0 N–H and O–H groups in total. The lowest BCUT2D eigenvalue weighted by Crippen LogP contribution is -2.41. The Bertz CT molecular complexity index is 705. The highest BCUT2D eigenvalue weighted by Crippen LogP contribution is 2.49. The van der Waals surface area contributed by atoms with E-state index in [9.17, 15) is 4.39 Å². The smallest absolute Gasteiger partial charge is 0.477 e. The molecule has 0 bridgehead atoms. The Morgan fingerprint density at radius 1 is 1.32 bits per heavy atom. The van der Waals surface area contributed by atoms with Crippen LogP contribution >= 0.6 is 0 Å². The first-order valence-corrected chi connectivity index (χ1v) is 8.39. The standard InChI is InChI=1S/C18H22BFN2O3/c1-16(2)17(3,4)25-19(24-16)14(20)9-18(7-8-18)12-23-15-6-5-13(10-21)11-22-15/h5-6,9,11H,7-8,12H2,1-4H3. The minimum atomic E-state index is -0.976. The lowest BCUT2D eigenvalue weighted by atomic mass is 9.85. The van der Waals surface area contributed by atoms with Crippen LogP contribution in [0.15, 0.2) is 30.1 Å². The van der Waals surface area contributed by atoms with Crippen molar-refractivity contribution in [2.24, 2.45) is 5.41 Å². The maximum Gasteiger partial charge on any atom is 0.524 e. The van der Waals surface area contributed by atoms with Crippen LogP contribution in [0.3, 0.4) is 0 Å². The molecule has 1 aromatic heterocycles. The lowest BCUT2D eigenvalue weighted by Gasteiger charge is -2.32. The number of hydrogen-bond donors (Lipinski definition) is 0. The molecule has 132 valence electrons. The number of nitriles is 1. The van der Waals surface area contributed by atoms with Crippen molar-refractivity contribution in [3.05, 3.63) is 35.7 Å². The first kappa shape index (κ1) is 17.9. The Kier molecular flexibility index (Phi) is 4.38. The van der Waals surface area contributed by atoms with Crippen molar-refractivity contribution in [3.63, 3.8) is 0 Å². The van der Waals surface area contributed by atoms with Crippen molar-refractivity contribution in [2.45, 2.75) is 51.7 Å². The van der Waals surface area contributed by atoms with Crippen LogP contribution in [0.1, 0.15) is 46.1 Å². The van der Waals surface area contributed by atoms with Crippen LogP contribution in [0.25, 0.3) is 0 Å². The van der Waals surface area contributed by atoms with E-state index in [4.69, 9.17) is 19.3 Å². The van der Waals surface area contributed by atoms with Crippen molar-refractivity contribution < 1.29 is 18.4 Å². The molecule has 0 spiro atoms. The SMILES string of the molecule is CC1(C)OB(C(F)=CC2(COc3ccc(C#N)cn3)CC2)OC1(C)C. The minimum Gasteiger partial charge on any atom is -0.477 e. The van der Waals surface area contributed by atoms with E-state index in [2.05, 4.69) is 4.98 Å². The van der Waals surface area contributed by atoms with E-state index in [1.54, 1.807) is 18.2 Å². The summed E-state index contributed by atoms with van der Waals surface area (Å²) in [6.45, 7) is 7.91. The third kappa shape index (κ3) is 3.70. The summed E-state index contributed by atoms with van der Waals surface area (Å²) < 4.78 is 31.8. The van der Waals surface area contributed by atoms with Gasteiger partial charge in [0.2, 0.25) is 5.88 Å². The van der Waals surface area contributed by atoms with Crippen LogP contribution in [-0.2, 0) is 9.31 Å². The Morgan fingerprint density at radius 3 is 2.44 bits per heavy atom. The topological polar surface area (TPSA) is 64.4 Å². The molecule has 0 radical (unpaired) electrons. The molecule has 0 atom stereocenters. The summed E-state index contributed by atoms with van der Waals surface area (Å²) in [5, 5.41) is 8.77. The number of ether oxygens (including phenoxy) is 1. The monoisotopic (exact) mass is 344 g/mol. The molecule has 0 aromatic carbocycles. The number of aromatic nitrogens is 1. The fourth-order valence-corrected chi connectivity index (χ4v) is 2.56. The Hall–Kier alpha value is -1.91. The summed E-state index contributed by atoms with van der Waals surface area (Å²) in [6, 6.07) is 5.29. The Labute approximate surface area is 147 Å². The van der Waals surface area contributed by atoms with E-state index in [0.29, 0.717) is 18.1 Å². The van der Waals surface area contributed by atoms with Crippen LogP contribution in [0, 0.1) is 16.7 Å². The number of hydrogen-bond acceptors (Lipinski definition) is 5. The number of nitrogens with zero attached hydrogens (tertiary/aromatic N) is 2. The molecule has 1 aliphatic heterocycles. The van der Waals surface area contributed by atoms with E-state index in [1.165, 1.54) is 6.20 Å². The van der Waals surface area contributed by atoms with Gasteiger partial charge in [-0.25, -0.2) is 9.37 Å². The second-order valence-electron chi connectivity index (χ2n) is 7.77. The van der Waals surface area contributed by atoms with Gasteiger partial charge in [0, 0.05) is 17.7 Å². The molecule has 3 rings (SSSR count). The van der Waals surface area contributed by atoms with E-state index in [1.807, 2.05) is 33.8 Å². The first-order chi connectivity index (χ1) is 11.7. The molecule has 1 saturated carbocycles. The molecule has 2 aliphatic rings. The van der Waals surface area contributed by atoms with Gasteiger partial charge in [-0.3, -0.25) is 0 Å². The molecule has 0 unspecified atom stereocenters. The maximum absolute atomic E-state index is 14.7. The third-order valence-corrected chi connectivity index (χ3v) is 5.19. The summed E-state index contributed by atoms with van der Waals surface area (Å²) in [6.07, 6.45) is 4.71. The zero-order valence-corrected chi connectivity index (χ0v) is 15.0. The van der Waals surface area contributed by atoms with Gasteiger partial charge in [-0.15, -0.1) is 0 Å². The minimum absolute atomic E-state index is 0.332. The van der Waals surface area contributed by atoms with Crippen molar-refractivity contribution in [1.82, 2.24) is 4.98 Å². The van der Waals surface area contributed by atoms with Gasteiger partial charge in [0.05, 0.1) is 23.4 Å². The first-order valence-electron chi connectivity index (χ1n) is 8.39. The van der Waals surface area contributed by atoms with Gasteiger partial charge in [0.1, 0.15) is 11.8 Å². The summed E-state index contributed by atoms with van der Waals surface area (Å²) in [7, 11) is -0.976. The van der Waals surface area contributed by atoms with E-state index < -0.39 is 24.0 Å². The zero-order valence-electron chi connectivity index (χ0n) is 15.0. The van der Waals surface area contributed by atoms with Gasteiger partial charge in [-0.2, -0.15) is 5.26 Å². The van der Waals surface area contributed by atoms with Crippen molar-refractivity contribution >= 4 is 7.12 Å². The molecule has 1 saturated heterocycles. The van der Waals surface area contributed by atoms with Gasteiger partial charge in [-0.05, 0) is 52.7 Å². The zero-order chi connectivity index (χ0) is 18.3. The van der Waals surface area contributed by atoms with E-state index in [-0.39, 0.29) is 5.41 Å². The number of halogens is 1. The lowest BCUT2D eigenvalue weighted by molar-refractivity contribution is 0.00578. The number of pyridine rings is 1. The molecule has 2 fully saturated rings. The summed E-state index contributed by atoms with van der Waals surface area (Å²) >= 11 is 0. The molecule has 25 heavy (non-hydrogen) atoms. The van der Waals surface area contributed by atoms with E-state index in [0.717, 1.165) is 12.8 Å². The third-order valence-electron chi connectivity index (χ3n) is 5.19. The molecular weight excluding hydrogens is 322 g/mol. The largest absolute Gasteiger partial charge is 0.524 e.